The number of hydrogen-bond acceptors (Lipinski definition) is 8. The second-order valence-corrected chi connectivity index (χ2v) is 14.0. The normalized spacial score (nSPS) is 10.8. The molecule has 4 amide bonds. The van der Waals surface area contributed by atoms with Gasteiger partial charge in [0.25, 0.3) is 0 Å². The summed E-state index contributed by atoms with van der Waals surface area (Å²) in [6.07, 6.45) is 15.5. The Balaban J connectivity index is 1.24. The van der Waals surface area contributed by atoms with Crippen LogP contribution in [0.4, 0.5) is 21.0 Å². The van der Waals surface area contributed by atoms with Gasteiger partial charge >= 0.3 is 12.1 Å². The van der Waals surface area contributed by atoms with Crippen LogP contribution in [0, 0.1) is 0 Å². The molecule has 0 aliphatic carbocycles. The molecule has 0 saturated carbocycles. The Kier molecular flexibility index (Phi) is 13.9. The largest absolute Gasteiger partial charge is 0.385 e. The molecule has 4 N–H and O–H groups in total. The average Bonchev–Trinajstić information content (AvgIpc) is 3.30. The highest BCUT2D eigenvalue weighted by Gasteiger charge is 2.13. The summed E-state index contributed by atoms with van der Waals surface area (Å²) >= 11 is 0. The van der Waals surface area contributed by atoms with E-state index in [1.165, 1.54) is 0 Å². The predicted molar refractivity (Wildman–Crippen MR) is 237 cm³/mol. The van der Waals surface area contributed by atoms with Crippen molar-refractivity contribution in [2.45, 2.75) is 12.8 Å². The number of pyridine rings is 4. The minimum atomic E-state index is -0.306. The third kappa shape index (κ3) is 11.0. The zero-order valence-corrected chi connectivity index (χ0v) is 33.5. The van der Waals surface area contributed by atoms with Crippen LogP contribution in [0.1, 0.15) is 12.8 Å². The van der Waals surface area contributed by atoms with Crippen molar-refractivity contribution in [3.63, 3.8) is 0 Å². The average molecular weight is 799 g/mol. The van der Waals surface area contributed by atoms with Crippen molar-refractivity contribution in [1.82, 2.24) is 30.6 Å². The maximum atomic E-state index is 12.6. The van der Waals surface area contributed by atoms with Gasteiger partial charge in [-0.05, 0) is 124 Å². The van der Waals surface area contributed by atoms with E-state index in [-0.39, 0.29) is 12.1 Å². The van der Waals surface area contributed by atoms with Crippen LogP contribution < -0.4 is 21.3 Å². The second kappa shape index (κ2) is 20.4. The molecule has 0 saturated heterocycles. The zero-order valence-electron chi connectivity index (χ0n) is 33.5. The Morgan fingerprint density at radius 1 is 0.433 bits per heavy atom. The number of methoxy groups -OCH3 is 2. The van der Waals surface area contributed by atoms with Crippen molar-refractivity contribution in [3.05, 3.63) is 147 Å². The van der Waals surface area contributed by atoms with Crippen LogP contribution in [0.3, 0.4) is 0 Å². The first-order valence-electron chi connectivity index (χ1n) is 19.7. The Bertz CT molecular complexity index is 2360. The molecule has 0 aliphatic rings. The van der Waals surface area contributed by atoms with Gasteiger partial charge in [0.05, 0.1) is 23.8 Å². The number of nitrogens with zero attached hydrogens (tertiary/aromatic N) is 4. The first-order chi connectivity index (χ1) is 29.4. The lowest BCUT2D eigenvalue weighted by molar-refractivity contribution is 0.194. The molecule has 4 heterocycles. The number of rotatable bonds is 16. The number of aromatic nitrogens is 4. The number of carbonyl (C=O) groups is 2. The lowest BCUT2D eigenvalue weighted by Crippen LogP contribution is -2.30. The molecule has 60 heavy (non-hydrogen) atoms. The summed E-state index contributed by atoms with van der Waals surface area (Å²) in [5.41, 5.74) is 12.6. The second-order valence-electron chi connectivity index (χ2n) is 14.0. The molecule has 7 rings (SSSR count). The molecule has 0 radical (unpaired) electrons. The summed E-state index contributed by atoms with van der Waals surface area (Å²) in [4.78, 5) is 43.0. The van der Waals surface area contributed by atoms with Gasteiger partial charge in [-0.15, -0.1) is 0 Å². The Morgan fingerprint density at radius 3 is 1.20 bits per heavy atom. The quantitative estimate of drug-likeness (QED) is 0.0706. The maximum Gasteiger partial charge on any atom is 0.319 e. The van der Waals surface area contributed by atoms with Gasteiger partial charge in [0, 0.05) is 100.0 Å². The van der Waals surface area contributed by atoms with Crippen molar-refractivity contribution in [2.75, 3.05) is 51.2 Å². The Morgan fingerprint density at radius 2 is 0.800 bits per heavy atom. The van der Waals surface area contributed by atoms with E-state index in [0.29, 0.717) is 50.5 Å². The van der Waals surface area contributed by atoms with E-state index in [2.05, 4.69) is 102 Å². The SMILES string of the molecule is COCCCNC(=O)Nc1cncc(-c2cc(-c3cccnc3)cc(-c3cccc(-c4cc(-c5cccnc5)cc(-c5cncc(NC(=O)NCCCOC)c5)c4)c3)c2)c1. The fourth-order valence-corrected chi connectivity index (χ4v) is 6.72. The highest BCUT2D eigenvalue weighted by molar-refractivity contribution is 5.92. The minimum Gasteiger partial charge on any atom is -0.385 e. The number of urea groups is 2. The van der Waals surface area contributed by atoms with Gasteiger partial charge in [0.2, 0.25) is 0 Å². The molecule has 7 aromatic rings. The first-order valence-corrected chi connectivity index (χ1v) is 19.7. The molecule has 0 atom stereocenters. The monoisotopic (exact) mass is 798 g/mol. The van der Waals surface area contributed by atoms with Crippen LogP contribution >= 0.6 is 0 Å². The number of carbonyl (C=O) groups excluding carboxylic acids is 2. The third-order valence-corrected chi connectivity index (χ3v) is 9.67. The van der Waals surface area contributed by atoms with Crippen LogP contribution in [0.25, 0.3) is 66.8 Å². The molecule has 12 heteroatoms. The predicted octanol–water partition coefficient (Wildman–Crippen LogP) is 9.58. The van der Waals surface area contributed by atoms with E-state index < -0.39 is 0 Å². The Labute approximate surface area is 349 Å². The van der Waals surface area contributed by atoms with Crippen LogP contribution in [0.2, 0.25) is 0 Å². The molecule has 12 nitrogen and oxygen atoms in total. The van der Waals surface area contributed by atoms with Crippen molar-refractivity contribution in [2.24, 2.45) is 0 Å². The molecule has 0 fully saturated rings. The molecule has 302 valence electrons. The van der Waals surface area contributed by atoms with Gasteiger partial charge in [0.1, 0.15) is 0 Å². The van der Waals surface area contributed by atoms with Crippen LogP contribution in [0.5, 0.6) is 0 Å². The van der Waals surface area contributed by atoms with E-state index in [1.54, 1.807) is 51.4 Å². The number of hydrogen-bond donors (Lipinski definition) is 4. The van der Waals surface area contributed by atoms with E-state index in [0.717, 1.165) is 66.8 Å². The summed E-state index contributed by atoms with van der Waals surface area (Å²) < 4.78 is 10.2. The van der Waals surface area contributed by atoms with Gasteiger partial charge in [-0.1, -0.05) is 30.3 Å². The molecule has 0 spiro atoms. The molecule has 0 bridgehead atoms. The molecule has 0 unspecified atom stereocenters. The van der Waals surface area contributed by atoms with Crippen molar-refractivity contribution < 1.29 is 19.1 Å². The lowest BCUT2D eigenvalue weighted by Gasteiger charge is -2.14. The zero-order chi connectivity index (χ0) is 41.5. The molecule has 4 aromatic heterocycles. The number of nitrogens with one attached hydrogen (secondary N) is 4. The maximum absolute atomic E-state index is 12.6. The van der Waals surface area contributed by atoms with E-state index >= 15 is 0 Å². The van der Waals surface area contributed by atoms with Crippen molar-refractivity contribution >= 4 is 23.4 Å². The summed E-state index contributed by atoms with van der Waals surface area (Å²) in [5, 5.41) is 11.5. The molecule has 0 aliphatic heterocycles. The topological polar surface area (TPSA) is 152 Å². The highest BCUT2D eigenvalue weighted by Crippen LogP contribution is 2.37. The van der Waals surface area contributed by atoms with Crippen LogP contribution in [0.15, 0.2) is 147 Å². The van der Waals surface area contributed by atoms with Crippen LogP contribution in [-0.2, 0) is 9.47 Å². The number of benzene rings is 3. The van der Waals surface area contributed by atoms with E-state index in [9.17, 15) is 9.59 Å². The third-order valence-electron chi connectivity index (χ3n) is 9.67. The number of ether oxygens (including phenoxy) is 2. The number of amides is 4. The lowest BCUT2D eigenvalue weighted by atomic mass is 9.91. The van der Waals surface area contributed by atoms with E-state index in [1.807, 2.05) is 48.8 Å². The highest BCUT2D eigenvalue weighted by atomic mass is 16.5. The smallest absolute Gasteiger partial charge is 0.319 e. The van der Waals surface area contributed by atoms with Gasteiger partial charge < -0.3 is 30.7 Å². The summed E-state index contributed by atoms with van der Waals surface area (Å²) in [6, 6.07) is 32.4. The van der Waals surface area contributed by atoms with Gasteiger partial charge in [0.15, 0.2) is 0 Å². The summed E-state index contributed by atoms with van der Waals surface area (Å²) in [6.45, 7) is 2.13. The standard InChI is InChI=1S/C48H46N8O4/c1-59-16-6-14-53-47(57)55-45-25-43(29-51-31-45)41-21-37(19-39(23-41)35-10-4-12-49-27-35)33-8-3-9-34(18-33)38-20-40(36-11-5-13-50-28-36)24-42(22-38)44-26-46(32-52-30-44)56-48(58)54-15-7-17-60-2/h3-5,8-13,18-32H,6-7,14-17H2,1-2H3,(H2,53,55,57)(H2,54,56,58). The summed E-state index contributed by atoms with van der Waals surface area (Å²) in [7, 11) is 3.27. The van der Waals surface area contributed by atoms with Crippen molar-refractivity contribution in [1.29, 1.82) is 0 Å². The first kappa shape index (κ1) is 40.9. The molecular formula is C48H46N8O4. The molecule has 3 aromatic carbocycles. The Hall–Kier alpha value is -7.28. The van der Waals surface area contributed by atoms with Gasteiger partial charge in [-0.2, -0.15) is 0 Å². The molecular weight excluding hydrogens is 753 g/mol. The fraction of sp³-hybridized carbons (Fsp3) is 0.167. The van der Waals surface area contributed by atoms with Gasteiger partial charge in [-0.25, -0.2) is 9.59 Å². The van der Waals surface area contributed by atoms with Crippen LogP contribution in [-0.4, -0.2) is 72.5 Å². The van der Waals surface area contributed by atoms with Crippen molar-refractivity contribution in [3.8, 4) is 66.8 Å². The fourth-order valence-electron chi connectivity index (χ4n) is 6.72. The van der Waals surface area contributed by atoms with E-state index in [4.69, 9.17) is 9.47 Å². The van der Waals surface area contributed by atoms with Gasteiger partial charge in [-0.3, -0.25) is 19.9 Å². The summed E-state index contributed by atoms with van der Waals surface area (Å²) in [5.74, 6) is 0. The number of anilines is 2. The minimum absolute atomic E-state index is 0.306.